The number of phenols is 1. The number of hydrogen-bond acceptors (Lipinski definition) is 7. The number of benzene rings is 1. The van der Waals surface area contributed by atoms with Gasteiger partial charge in [0.2, 0.25) is 5.95 Å². The third-order valence-electron chi connectivity index (χ3n) is 3.14. The number of aromatic hydroxyl groups is 1. The van der Waals surface area contributed by atoms with Crippen molar-refractivity contribution in [3.63, 3.8) is 0 Å². The number of aromatic nitrogens is 4. The van der Waals surface area contributed by atoms with Crippen molar-refractivity contribution in [3.8, 4) is 17.3 Å². The molecule has 0 aliphatic rings. The van der Waals surface area contributed by atoms with E-state index in [9.17, 15) is 9.50 Å². The van der Waals surface area contributed by atoms with E-state index in [1.54, 1.807) is 6.07 Å². The van der Waals surface area contributed by atoms with Gasteiger partial charge in [0.1, 0.15) is 11.5 Å². The van der Waals surface area contributed by atoms with Crippen molar-refractivity contribution in [3.05, 3.63) is 48.2 Å². The Morgan fingerprint density at radius 3 is 2.83 bits per heavy atom. The lowest BCUT2D eigenvalue weighted by Gasteiger charge is -2.09. The van der Waals surface area contributed by atoms with Gasteiger partial charge in [-0.15, -0.1) is 0 Å². The van der Waals surface area contributed by atoms with Gasteiger partial charge in [0.25, 0.3) is 0 Å². The molecule has 3 aromatic rings. The Morgan fingerprint density at radius 1 is 1.29 bits per heavy atom. The number of phenolic OH excluding ortho intramolecular Hbond substituents is 1. The number of aliphatic hydroxyl groups is 1. The molecule has 3 rings (SSSR count). The summed E-state index contributed by atoms with van der Waals surface area (Å²) >= 11 is 0. The number of nitrogens with one attached hydrogen (secondary N) is 1. The standard InChI is InChI=1S/C15H14FN5O3/c1-24-12-3-10(2-11(23)4-12)19-15-17-6-13(16)14(20-15)21-7-9(8-22)5-18-21/h2-7,22-23H,8H2,1H3,(H,17,19,20). The highest BCUT2D eigenvalue weighted by atomic mass is 19.1. The molecule has 0 bridgehead atoms. The van der Waals surface area contributed by atoms with Gasteiger partial charge in [0.05, 0.1) is 26.1 Å². The summed E-state index contributed by atoms with van der Waals surface area (Å²) in [7, 11) is 1.47. The molecular weight excluding hydrogens is 317 g/mol. The molecule has 0 aliphatic heterocycles. The second-order valence-corrected chi connectivity index (χ2v) is 4.86. The van der Waals surface area contributed by atoms with Crippen LogP contribution >= 0.6 is 0 Å². The molecule has 0 spiro atoms. The van der Waals surface area contributed by atoms with E-state index >= 15 is 0 Å². The maximum atomic E-state index is 14.0. The average Bonchev–Trinajstić information content (AvgIpc) is 3.05. The van der Waals surface area contributed by atoms with Gasteiger partial charge in [-0.25, -0.2) is 14.1 Å². The summed E-state index contributed by atoms with van der Waals surface area (Å²) < 4.78 is 20.2. The predicted molar refractivity (Wildman–Crippen MR) is 83.0 cm³/mol. The van der Waals surface area contributed by atoms with Crippen molar-refractivity contribution in [1.82, 2.24) is 19.7 Å². The zero-order valence-electron chi connectivity index (χ0n) is 12.6. The molecule has 0 atom stereocenters. The molecule has 2 heterocycles. The molecule has 0 saturated carbocycles. The molecule has 0 saturated heterocycles. The fourth-order valence-corrected chi connectivity index (χ4v) is 2.04. The van der Waals surface area contributed by atoms with E-state index in [1.807, 2.05) is 0 Å². The number of rotatable bonds is 5. The first kappa shape index (κ1) is 15.7. The largest absolute Gasteiger partial charge is 0.508 e. The molecule has 0 amide bonds. The van der Waals surface area contributed by atoms with Crippen molar-refractivity contribution < 1.29 is 19.3 Å². The SMILES string of the molecule is COc1cc(O)cc(Nc2ncc(F)c(-n3cc(CO)cn3)n2)c1. The summed E-state index contributed by atoms with van der Waals surface area (Å²) in [6.07, 6.45) is 3.88. The highest BCUT2D eigenvalue weighted by Gasteiger charge is 2.11. The minimum atomic E-state index is -0.665. The summed E-state index contributed by atoms with van der Waals surface area (Å²) in [4.78, 5) is 7.93. The van der Waals surface area contributed by atoms with Gasteiger partial charge in [-0.3, -0.25) is 0 Å². The van der Waals surface area contributed by atoms with Crippen molar-refractivity contribution in [1.29, 1.82) is 0 Å². The minimum absolute atomic E-state index is 0.00107. The predicted octanol–water partition coefficient (Wildman–Crippen LogP) is 1.75. The number of halogens is 1. The van der Waals surface area contributed by atoms with Crippen molar-refractivity contribution >= 4 is 11.6 Å². The van der Waals surface area contributed by atoms with Gasteiger partial charge in [0.15, 0.2) is 11.6 Å². The monoisotopic (exact) mass is 331 g/mol. The molecule has 0 fully saturated rings. The van der Waals surface area contributed by atoms with Crippen LogP contribution in [0, 0.1) is 5.82 Å². The van der Waals surface area contributed by atoms with E-state index in [0.29, 0.717) is 17.0 Å². The van der Waals surface area contributed by atoms with Crippen LogP contribution in [0.3, 0.4) is 0 Å². The average molecular weight is 331 g/mol. The fourth-order valence-electron chi connectivity index (χ4n) is 2.04. The Morgan fingerprint density at radius 2 is 2.12 bits per heavy atom. The summed E-state index contributed by atoms with van der Waals surface area (Å²) in [5, 5.41) is 25.5. The molecule has 9 heteroatoms. The highest BCUT2D eigenvalue weighted by Crippen LogP contribution is 2.26. The lowest BCUT2D eigenvalue weighted by molar-refractivity contribution is 0.282. The number of anilines is 2. The summed E-state index contributed by atoms with van der Waals surface area (Å²) in [5.74, 6) is -0.181. The summed E-state index contributed by atoms with van der Waals surface area (Å²) in [6, 6.07) is 4.53. The first-order chi connectivity index (χ1) is 11.6. The quantitative estimate of drug-likeness (QED) is 0.654. The topological polar surface area (TPSA) is 105 Å². The minimum Gasteiger partial charge on any atom is -0.508 e. The zero-order valence-corrected chi connectivity index (χ0v) is 12.6. The Hall–Kier alpha value is -3.20. The molecular formula is C15H14FN5O3. The van der Waals surface area contributed by atoms with Crippen LogP contribution in [0.2, 0.25) is 0 Å². The Kier molecular flexibility index (Phi) is 4.25. The fraction of sp³-hybridized carbons (Fsp3) is 0.133. The summed E-state index contributed by atoms with van der Waals surface area (Å²) in [6.45, 7) is -0.207. The molecule has 0 radical (unpaired) electrons. The summed E-state index contributed by atoms with van der Waals surface area (Å²) in [5.41, 5.74) is 1.00. The highest BCUT2D eigenvalue weighted by molar-refractivity contribution is 5.59. The Labute approximate surface area is 136 Å². The number of nitrogens with zero attached hydrogens (tertiary/aromatic N) is 4. The second kappa shape index (κ2) is 6.50. The number of ether oxygens (including phenoxy) is 1. The van der Waals surface area contributed by atoms with E-state index in [0.717, 1.165) is 6.20 Å². The van der Waals surface area contributed by atoms with Gasteiger partial charge in [-0.2, -0.15) is 10.1 Å². The maximum absolute atomic E-state index is 14.0. The third kappa shape index (κ3) is 3.25. The Bertz CT molecular complexity index is 868. The first-order valence-corrected chi connectivity index (χ1v) is 6.91. The van der Waals surface area contributed by atoms with Gasteiger partial charge in [0, 0.05) is 35.6 Å². The van der Waals surface area contributed by atoms with Gasteiger partial charge < -0.3 is 20.3 Å². The molecule has 24 heavy (non-hydrogen) atoms. The number of methoxy groups -OCH3 is 1. The van der Waals surface area contributed by atoms with Crippen LogP contribution in [0.1, 0.15) is 5.56 Å². The number of aliphatic hydroxyl groups excluding tert-OH is 1. The normalized spacial score (nSPS) is 10.6. The lowest BCUT2D eigenvalue weighted by Crippen LogP contribution is -2.06. The van der Waals surface area contributed by atoms with Crippen molar-refractivity contribution in [2.45, 2.75) is 6.61 Å². The molecule has 0 unspecified atom stereocenters. The van der Waals surface area contributed by atoms with E-state index in [2.05, 4.69) is 20.4 Å². The second-order valence-electron chi connectivity index (χ2n) is 4.86. The van der Waals surface area contributed by atoms with Gasteiger partial charge >= 0.3 is 0 Å². The van der Waals surface area contributed by atoms with Crippen LogP contribution in [0.4, 0.5) is 16.0 Å². The lowest BCUT2D eigenvalue weighted by atomic mass is 10.3. The van der Waals surface area contributed by atoms with Crippen LogP contribution in [0.15, 0.2) is 36.8 Å². The number of hydrogen-bond donors (Lipinski definition) is 3. The van der Waals surface area contributed by atoms with Crippen LogP contribution in [-0.4, -0.2) is 37.1 Å². The van der Waals surface area contributed by atoms with Crippen LogP contribution in [0.5, 0.6) is 11.5 Å². The van der Waals surface area contributed by atoms with E-state index < -0.39 is 5.82 Å². The smallest absolute Gasteiger partial charge is 0.229 e. The van der Waals surface area contributed by atoms with Crippen LogP contribution in [0.25, 0.3) is 5.82 Å². The van der Waals surface area contributed by atoms with Crippen molar-refractivity contribution in [2.24, 2.45) is 0 Å². The van der Waals surface area contributed by atoms with E-state index in [-0.39, 0.29) is 24.1 Å². The Balaban J connectivity index is 1.92. The molecule has 3 N–H and O–H groups in total. The molecule has 2 aromatic heterocycles. The molecule has 1 aromatic carbocycles. The third-order valence-corrected chi connectivity index (χ3v) is 3.14. The van der Waals surface area contributed by atoms with Crippen LogP contribution in [-0.2, 0) is 6.61 Å². The van der Waals surface area contributed by atoms with Crippen molar-refractivity contribution in [2.75, 3.05) is 12.4 Å². The van der Waals surface area contributed by atoms with Crippen LogP contribution < -0.4 is 10.1 Å². The van der Waals surface area contributed by atoms with E-state index in [1.165, 1.54) is 36.3 Å². The molecule has 8 nitrogen and oxygen atoms in total. The zero-order chi connectivity index (χ0) is 17.1. The van der Waals surface area contributed by atoms with Gasteiger partial charge in [-0.05, 0) is 0 Å². The molecule has 0 aliphatic carbocycles. The maximum Gasteiger partial charge on any atom is 0.229 e. The molecule has 124 valence electrons. The first-order valence-electron chi connectivity index (χ1n) is 6.91. The van der Waals surface area contributed by atoms with Gasteiger partial charge in [-0.1, -0.05) is 0 Å². The van der Waals surface area contributed by atoms with E-state index in [4.69, 9.17) is 9.84 Å².